The fraction of sp³-hybridized carbons (Fsp3) is 0.300. The molecule has 1 aromatic carbocycles. The van der Waals surface area contributed by atoms with Crippen molar-refractivity contribution < 1.29 is 17.2 Å². The number of sulfone groups is 1. The van der Waals surface area contributed by atoms with Gasteiger partial charge in [0.15, 0.2) is 9.84 Å². The van der Waals surface area contributed by atoms with E-state index >= 15 is 0 Å². The van der Waals surface area contributed by atoms with Crippen LogP contribution in [0.4, 0.5) is 31.7 Å². The lowest BCUT2D eigenvalue weighted by Gasteiger charge is -2.16. The Balaban J connectivity index is 1.58. The number of hydrogen-bond acceptors (Lipinski definition) is 7. The molecular formula is C30H29F2N7O2S. The molecule has 1 aliphatic heterocycles. The minimum atomic E-state index is -3.71. The number of pyridine rings is 2. The van der Waals surface area contributed by atoms with Gasteiger partial charge < -0.3 is 10.2 Å². The van der Waals surface area contributed by atoms with E-state index in [0.29, 0.717) is 34.2 Å². The molecule has 4 aromatic rings. The van der Waals surface area contributed by atoms with E-state index in [1.54, 1.807) is 42.2 Å². The van der Waals surface area contributed by atoms with Crippen LogP contribution in [-0.2, 0) is 29.7 Å². The number of aromatic nitrogens is 4. The predicted molar refractivity (Wildman–Crippen MR) is 158 cm³/mol. The van der Waals surface area contributed by atoms with Crippen molar-refractivity contribution in [2.24, 2.45) is 12.0 Å². The molecule has 0 saturated carbocycles. The summed E-state index contributed by atoms with van der Waals surface area (Å²) in [6, 6.07) is 10.4. The highest BCUT2D eigenvalue weighted by atomic mass is 32.2. The second-order valence-electron chi connectivity index (χ2n) is 10.6. The summed E-state index contributed by atoms with van der Waals surface area (Å²) in [5.74, 6) is 0.444. The summed E-state index contributed by atoms with van der Waals surface area (Å²) in [6.07, 6.45) is 0.152. The second-order valence-corrected chi connectivity index (χ2v) is 12.6. The largest absolute Gasteiger partial charge is 0.360 e. The molecular weight excluding hydrogens is 560 g/mol. The molecule has 0 saturated heterocycles. The van der Waals surface area contributed by atoms with Gasteiger partial charge in [-0.25, -0.2) is 22.2 Å². The van der Waals surface area contributed by atoms with Crippen LogP contribution in [0.15, 0.2) is 52.5 Å². The van der Waals surface area contributed by atoms with Crippen LogP contribution in [-0.4, -0.2) is 46.6 Å². The van der Waals surface area contributed by atoms with Crippen LogP contribution >= 0.6 is 0 Å². The highest BCUT2D eigenvalue weighted by molar-refractivity contribution is 7.90. The summed E-state index contributed by atoms with van der Waals surface area (Å²) >= 11 is 0. The summed E-state index contributed by atoms with van der Waals surface area (Å²) in [7, 11) is -1.90. The van der Waals surface area contributed by atoms with E-state index in [0.717, 1.165) is 23.1 Å². The molecule has 0 fully saturated rings. The first-order valence-corrected chi connectivity index (χ1v) is 15.1. The number of aliphatic imine (C=N–C) groups is 1. The zero-order valence-electron chi connectivity index (χ0n) is 23.8. The summed E-state index contributed by atoms with van der Waals surface area (Å²) in [5, 5.41) is 7.40. The molecule has 4 heterocycles. The number of nitrogens with zero attached hydrogens (tertiary/aromatic N) is 6. The lowest BCUT2D eigenvalue weighted by atomic mass is 10.0. The Morgan fingerprint density at radius 1 is 1.10 bits per heavy atom. The van der Waals surface area contributed by atoms with Gasteiger partial charge in [-0.15, -0.1) is 4.98 Å². The second kappa shape index (κ2) is 11.1. The lowest BCUT2D eigenvalue weighted by Crippen LogP contribution is -2.10. The van der Waals surface area contributed by atoms with Gasteiger partial charge in [-0.3, -0.25) is 9.67 Å². The number of halogens is 2. The number of nitrogens with one attached hydrogen (secondary N) is 1. The van der Waals surface area contributed by atoms with E-state index < -0.39 is 16.3 Å². The van der Waals surface area contributed by atoms with E-state index in [1.165, 1.54) is 0 Å². The van der Waals surface area contributed by atoms with Gasteiger partial charge in [0, 0.05) is 31.0 Å². The molecule has 0 atom stereocenters. The van der Waals surface area contributed by atoms with E-state index in [2.05, 4.69) is 30.2 Å². The molecule has 3 aromatic heterocycles. The zero-order chi connectivity index (χ0) is 30.3. The Morgan fingerprint density at radius 3 is 2.48 bits per heavy atom. The van der Waals surface area contributed by atoms with Crippen LogP contribution in [0.5, 0.6) is 0 Å². The molecule has 0 aliphatic carbocycles. The van der Waals surface area contributed by atoms with Crippen molar-refractivity contribution in [2.75, 3.05) is 11.6 Å². The quantitative estimate of drug-likeness (QED) is 0.236. The molecule has 1 N–H and O–H groups in total. The first kappa shape index (κ1) is 29.0. The molecule has 5 rings (SSSR count). The van der Waals surface area contributed by atoms with Gasteiger partial charge in [-0.1, -0.05) is 32.6 Å². The molecule has 9 nitrogen and oxygen atoms in total. The third-order valence-corrected chi connectivity index (χ3v) is 8.36. The number of hydrogen-bond donors (Lipinski definition) is 1. The van der Waals surface area contributed by atoms with Gasteiger partial charge >= 0.3 is 0 Å². The maximum Gasteiger partial charge on any atom is 0.277 e. The molecule has 0 bridgehead atoms. The van der Waals surface area contributed by atoms with Gasteiger partial charge in [0.1, 0.15) is 11.4 Å². The van der Waals surface area contributed by atoms with E-state index in [4.69, 9.17) is 6.57 Å². The Morgan fingerprint density at radius 2 is 1.86 bits per heavy atom. The lowest BCUT2D eigenvalue weighted by molar-refractivity contribution is 0.224. The van der Waals surface area contributed by atoms with Crippen LogP contribution in [0.2, 0.25) is 0 Å². The Hall–Kier alpha value is -4.50. The summed E-state index contributed by atoms with van der Waals surface area (Å²) in [6.45, 7) is 13.4. The molecule has 42 heavy (non-hydrogen) atoms. The first-order valence-electron chi connectivity index (χ1n) is 13.2. The average molecular weight is 590 g/mol. The van der Waals surface area contributed by atoms with E-state index in [9.17, 15) is 17.2 Å². The van der Waals surface area contributed by atoms with Crippen molar-refractivity contribution in [1.82, 2.24) is 19.7 Å². The number of alkyl halides is 2. The fourth-order valence-electron chi connectivity index (χ4n) is 4.91. The van der Waals surface area contributed by atoms with Crippen LogP contribution in [0.1, 0.15) is 48.1 Å². The van der Waals surface area contributed by atoms with Crippen LogP contribution in [0, 0.1) is 13.5 Å². The van der Waals surface area contributed by atoms with Crippen molar-refractivity contribution in [3.8, 4) is 11.1 Å². The van der Waals surface area contributed by atoms with Crippen molar-refractivity contribution in [1.29, 1.82) is 0 Å². The zero-order valence-corrected chi connectivity index (χ0v) is 24.6. The van der Waals surface area contributed by atoms with Crippen LogP contribution < -0.4 is 5.32 Å². The average Bonchev–Trinajstić information content (AvgIpc) is 3.51. The van der Waals surface area contributed by atoms with Gasteiger partial charge in [0.2, 0.25) is 0 Å². The third kappa shape index (κ3) is 5.65. The normalized spacial score (nSPS) is 12.9. The van der Waals surface area contributed by atoms with Crippen molar-refractivity contribution >= 4 is 38.4 Å². The predicted octanol–water partition coefficient (Wildman–Crippen LogP) is 6.49. The smallest absolute Gasteiger partial charge is 0.277 e. The van der Waals surface area contributed by atoms with Crippen molar-refractivity contribution in [3.05, 3.63) is 82.4 Å². The highest BCUT2D eigenvalue weighted by Gasteiger charge is 2.27. The minimum absolute atomic E-state index is 0.0408. The van der Waals surface area contributed by atoms with Crippen LogP contribution in [0.3, 0.4) is 0 Å². The minimum Gasteiger partial charge on any atom is -0.360 e. The molecule has 1 aliphatic rings. The number of aryl methyl sites for hydroxylation is 1. The SMILES string of the molecule is [C-]#[N+]c1nc(Cc2cc(Nc3ccc(-c4cnn(C)c4C)cc3S(C)(=O)=O)c3c(n2)CC(C(F)F)=N3)ccc1C(C)C. The molecule has 0 unspecified atom stereocenters. The van der Waals surface area contributed by atoms with Crippen molar-refractivity contribution in [3.63, 3.8) is 0 Å². The number of rotatable bonds is 8. The van der Waals surface area contributed by atoms with E-state index in [1.807, 2.05) is 32.9 Å². The van der Waals surface area contributed by atoms with Gasteiger partial charge in [0.05, 0.1) is 46.0 Å². The molecule has 0 radical (unpaired) electrons. The first-order chi connectivity index (χ1) is 19.8. The van der Waals surface area contributed by atoms with Gasteiger partial charge in [-0.2, -0.15) is 5.10 Å². The maximum atomic E-state index is 13.7. The molecule has 0 spiro atoms. The summed E-state index contributed by atoms with van der Waals surface area (Å²) in [4.78, 5) is 16.9. The highest BCUT2D eigenvalue weighted by Crippen LogP contribution is 2.39. The molecule has 216 valence electrons. The molecule has 12 heteroatoms. The Labute approximate surface area is 243 Å². The summed E-state index contributed by atoms with van der Waals surface area (Å²) < 4.78 is 54.8. The fourth-order valence-corrected chi connectivity index (χ4v) is 5.77. The topological polar surface area (TPSA) is 106 Å². The van der Waals surface area contributed by atoms with Gasteiger partial charge in [-0.05, 0) is 48.2 Å². The third-order valence-electron chi connectivity index (χ3n) is 7.22. The Bertz CT molecular complexity index is 1890. The van der Waals surface area contributed by atoms with Crippen molar-refractivity contribution in [2.45, 2.75) is 50.9 Å². The Kier molecular flexibility index (Phi) is 7.64. The number of benzene rings is 1. The molecule has 0 amide bonds. The monoisotopic (exact) mass is 589 g/mol. The number of anilines is 2. The van der Waals surface area contributed by atoms with Crippen LogP contribution in [0.25, 0.3) is 16.0 Å². The number of fused-ring (bicyclic) bond motifs is 1. The maximum absolute atomic E-state index is 13.7. The van der Waals surface area contributed by atoms with E-state index in [-0.39, 0.29) is 40.7 Å². The summed E-state index contributed by atoms with van der Waals surface area (Å²) in [5.41, 5.74) is 5.22. The standard InChI is InChI=1S/C30H29F2N7O2S/c1-16(2)21-9-8-19(36-30(21)33-4)12-20-13-24(28-25(35-20)14-26(38-28)29(31)32)37-23-10-7-18(11-27(23)42(6,40)41)22-15-34-39(5)17(22)3/h7-11,13,15-16,29H,12,14H2,1-3,5-6H3,(H,35,37). The van der Waals surface area contributed by atoms with Gasteiger partial charge in [0.25, 0.3) is 12.2 Å².